The first-order chi connectivity index (χ1) is 26.6. The van der Waals surface area contributed by atoms with Crippen molar-refractivity contribution in [2.75, 3.05) is 38.1 Å². The molecule has 1 saturated heterocycles. The van der Waals surface area contributed by atoms with Gasteiger partial charge in [-0.15, -0.1) is 0 Å². The third-order valence-electron chi connectivity index (χ3n) is 10.1. The Balaban J connectivity index is 1.29. The molecular weight excluding hydrogens is 716 g/mol. The van der Waals surface area contributed by atoms with Crippen LogP contribution in [-0.2, 0) is 29.1 Å². The Bertz CT molecular complexity index is 2050. The molecular formula is C43H45ClN6O5. The second kappa shape index (κ2) is 17.5. The van der Waals surface area contributed by atoms with Crippen LogP contribution in [0.4, 0.5) is 16.3 Å². The standard InChI is InChI=1S/C43H45ClN6O5/c1-6-38(32-8-7-9-33(44)26-32)48(3)43(53)50-40(42(52)47(2)34-19-21-45-22-20-34)37(41(50)51)24-31-18-23-46-39(25-31)49(27-29-10-14-35(54-4)15-11-29)28-30-12-16-36(55-5)17-13-30/h7-23,25-26,37-38,40H,6,24,27-28H2,1-5H3/t37-,38?,40+/m1/s1. The zero-order valence-electron chi connectivity index (χ0n) is 31.6. The van der Waals surface area contributed by atoms with Gasteiger partial charge in [0.2, 0.25) is 5.91 Å². The number of β-lactam (4-membered cyclic amide) rings is 1. The Labute approximate surface area is 327 Å². The number of methoxy groups -OCH3 is 2. The first-order valence-corrected chi connectivity index (χ1v) is 18.5. The van der Waals surface area contributed by atoms with Crippen LogP contribution in [-0.4, -0.2) is 72.0 Å². The van der Waals surface area contributed by atoms with Crippen molar-refractivity contribution in [3.05, 3.63) is 143 Å². The summed E-state index contributed by atoms with van der Waals surface area (Å²) in [5.41, 5.74) is 4.37. The highest BCUT2D eigenvalue weighted by molar-refractivity contribution is 6.30. The molecule has 11 nitrogen and oxygen atoms in total. The van der Waals surface area contributed by atoms with Gasteiger partial charge in [0, 0.05) is 56.5 Å². The molecule has 12 heteroatoms. The van der Waals surface area contributed by atoms with Crippen LogP contribution in [0, 0.1) is 5.92 Å². The number of ether oxygens (including phenoxy) is 2. The van der Waals surface area contributed by atoms with E-state index in [-0.39, 0.29) is 18.4 Å². The van der Waals surface area contributed by atoms with Crippen molar-refractivity contribution < 1.29 is 23.9 Å². The smallest absolute Gasteiger partial charge is 0.327 e. The minimum Gasteiger partial charge on any atom is -0.497 e. The summed E-state index contributed by atoms with van der Waals surface area (Å²) in [4.78, 5) is 57.8. The molecule has 0 N–H and O–H groups in total. The van der Waals surface area contributed by atoms with E-state index in [1.54, 1.807) is 65.1 Å². The summed E-state index contributed by atoms with van der Waals surface area (Å²) in [6.45, 7) is 3.06. The van der Waals surface area contributed by atoms with Crippen molar-refractivity contribution in [3.63, 3.8) is 0 Å². The van der Waals surface area contributed by atoms with Gasteiger partial charge in [-0.25, -0.2) is 9.78 Å². The Morgan fingerprint density at radius 1 is 0.818 bits per heavy atom. The number of carbonyl (C=O) groups excluding carboxylic acids is 3. The number of pyridine rings is 2. The molecule has 3 aromatic carbocycles. The van der Waals surface area contributed by atoms with E-state index in [1.165, 1.54) is 9.80 Å². The molecule has 0 bridgehead atoms. The highest BCUT2D eigenvalue weighted by Gasteiger charge is 2.56. The third-order valence-corrected chi connectivity index (χ3v) is 10.3. The molecule has 55 heavy (non-hydrogen) atoms. The van der Waals surface area contributed by atoms with Crippen molar-refractivity contribution in [1.82, 2.24) is 19.8 Å². The monoisotopic (exact) mass is 760 g/mol. The second-order valence-electron chi connectivity index (χ2n) is 13.5. The first kappa shape index (κ1) is 38.8. The van der Waals surface area contributed by atoms with Crippen molar-refractivity contribution in [2.45, 2.75) is 44.9 Å². The number of amides is 4. The molecule has 0 radical (unpaired) electrons. The van der Waals surface area contributed by atoms with Gasteiger partial charge in [-0.1, -0.05) is 54.9 Å². The van der Waals surface area contributed by atoms with Crippen LogP contribution in [0.1, 0.15) is 41.6 Å². The molecule has 1 aliphatic heterocycles. The number of urea groups is 1. The van der Waals surface area contributed by atoms with E-state index in [9.17, 15) is 14.4 Å². The average Bonchev–Trinajstić information content (AvgIpc) is 3.22. The molecule has 5 aromatic rings. The van der Waals surface area contributed by atoms with Crippen LogP contribution in [0.25, 0.3) is 0 Å². The van der Waals surface area contributed by atoms with Gasteiger partial charge in [-0.3, -0.25) is 19.5 Å². The maximum absolute atomic E-state index is 14.3. The largest absolute Gasteiger partial charge is 0.497 e. The maximum atomic E-state index is 14.3. The number of nitrogens with zero attached hydrogens (tertiary/aromatic N) is 6. The number of anilines is 2. The Morgan fingerprint density at radius 3 is 2.00 bits per heavy atom. The molecule has 2 aromatic heterocycles. The molecule has 0 spiro atoms. The molecule has 1 aliphatic rings. The summed E-state index contributed by atoms with van der Waals surface area (Å²) in [6.07, 6.45) is 5.71. The minimum absolute atomic E-state index is 0.229. The van der Waals surface area contributed by atoms with E-state index >= 15 is 0 Å². The lowest BCUT2D eigenvalue weighted by atomic mass is 9.81. The lowest BCUT2D eigenvalue weighted by molar-refractivity contribution is -0.157. The van der Waals surface area contributed by atoms with Gasteiger partial charge in [0.15, 0.2) is 0 Å². The van der Waals surface area contributed by atoms with Gasteiger partial charge in [-0.2, -0.15) is 0 Å². The Hall–Kier alpha value is -5.94. The summed E-state index contributed by atoms with van der Waals surface area (Å²) in [7, 11) is 6.57. The summed E-state index contributed by atoms with van der Waals surface area (Å²) in [5, 5.41) is 0.548. The average molecular weight is 761 g/mol. The number of aromatic nitrogens is 2. The number of likely N-dealkylation sites (tertiary alicyclic amines) is 1. The molecule has 1 unspecified atom stereocenters. The van der Waals surface area contributed by atoms with Gasteiger partial charge in [-0.05, 0) is 95.8 Å². The van der Waals surface area contributed by atoms with E-state index < -0.39 is 23.9 Å². The third kappa shape index (κ3) is 8.73. The van der Waals surface area contributed by atoms with Gasteiger partial charge in [0.25, 0.3) is 5.91 Å². The number of halogens is 1. The molecule has 1 fully saturated rings. The molecule has 0 saturated carbocycles. The quantitative estimate of drug-likeness (QED) is 0.107. The Kier molecular flexibility index (Phi) is 12.3. The van der Waals surface area contributed by atoms with Crippen LogP contribution in [0.2, 0.25) is 5.02 Å². The predicted molar refractivity (Wildman–Crippen MR) is 213 cm³/mol. The fraction of sp³-hybridized carbons (Fsp3) is 0.279. The highest BCUT2D eigenvalue weighted by atomic mass is 35.5. The molecule has 0 aliphatic carbocycles. The van der Waals surface area contributed by atoms with Crippen LogP contribution >= 0.6 is 11.6 Å². The van der Waals surface area contributed by atoms with Crippen LogP contribution in [0.5, 0.6) is 11.5 Å². The molecule has 284 valence electrons. The van der Waals surface area contributed by atoms with Crippen molar-refractivity contribution in [3.8, 4) is 11.5 Å². The van der Waals surface area contributed by atoms with Crippen LogP contribution in [0.3, 0.4) is 0 Å². The normalized spacial score (nSPS) is 15.5. The summed E-state index contributed by atoms with van der Waals surface area (Å²) in [5.74, 6) is 0.666. The zero-order valence-corrected chi connectivity index (χ0v) is 32.4. The number of benzene rings is 3. The van der Waals surface area contributed by atoms with E-state index in [0.29, 0.717) is 36.0 Å². The van der Waals surface area contributed by atoms with E-state index in [2.05, 4.69) is 9.88 Å². The Morgan fingerprint density at radius 2 is 1.44 bits per heavy atom. The van der Waals surface area contributed by atoms with Gasteiger partial charge < -0.3 is 24.2 Å². The first-order valence-electron chi connectivity index (χ1n) is 18.1. The van der Waals surface area contributed by atoms with Crippen LogP contribution < -0.4 is 19.3 Å². The number of likely N-dealkylation sites (N-methyl/N-ethyl adjacent to an activating group) is 1. The number of hydrogen-bond acceptors (Lipinski definition) is 8. The fourth-order valence-electron chi connectivity index (χ4n) is 7.02. The van der Waals surface area contributed by atoms with Crippen LogP contribution in [0.15, 0.2) is 116 Å². The summed E-state index contributed by atoms with van der Waals surface area (Å²) in [6, 6.07) is 28.4. The molecule has 3 heterocycles. The SMILES string of the molecule is CCC(c1cccc(Cl)c1)N(C)C(=O)N1C(=O)[C@H](Cc2ccnc(N(Cc3ccc(OC)cc3)Cc3ccc(OC)cc3)c2)[C@H]1C(=O)N(C)c1ccncc1. The van der Waals surface area contributed by atoms with Crippen molar-refractivity contribution in [2.24, 2.45) is 5.92 Å². The van der Waals surface area contributed by atoms with E-state index in [1.807, 2.05) is 85.8 Å². The van der Waals surface area contributed by atoms with E-state index in [0.717, 1.165) is 38.7 Å². The zero-order chi connectivity index (χ0) is 39.1. The number of hydrogen-bond donors (Lipinski definition) is 0. The maximum Gasteiger partial charge on any atom is 0.327 e. The predicted octanol–water partition coefficient (Wildman–Crippen LogP) is 7.59. The van der Waals surface area contributed by atoms with E-state index in [4.69, 9.17) is 26.1 Å². The second-order valence-corrected chi connectivity index (χ2v) is 13.9. The highest BCUT2D eigenvalue weighted by Crippen LogP contribution is 2.36. The van der Waals surface area contributed by atoms with Gasteiger partial charge >= 0.3 is 6.03 Å². The topological polar surface area (TPSA) is 108 Å². The number of imide groups is 1. The fourth-order valence-corrected chi connectivity index (χ4v) is 7.22. The van der Waals surface area contributed by atoms with Gasteiger partial charge in [0.05, 0.1) is 26.2 Å². The summed E-state index contributed by atoms with van der Waals surface area (Å²) < 4.78 is 10.7. The number of carbonyl (C=O) groups is 3. The van der Waals surface area contributed by atoms with Gasteiger partial charge in [0.1, 0.15) is 23.4 Å². The van der Waals surface area contributed by atoms with Crippen molar-refractivity contribution >= 4 is 41.0 Å². The minimum atomic E-state index is -1.04. The molecule has 6 rings (SSSR count). The lowest BCUT2D eigenvalue weighted by Gasteiger charge is -2.47. The lowest BCUT2D eigenvalue weighted by Crippen LogP contribution is -2.70. The molecule has 4 amide bonds. The summed E-state index contributed by atoms with van der Waals surface area (Å²) >= 11 is 6.30. The van der Waals surface area contributed by atoms with Crippen molar-refractivity contribution in [1.29, 1.82) is 0 Å². The number of rotatable bonds is 14. The molecule has 3 atom stereocenters.